The van der Waals surface area contributed by atoms with Crippen LogP contribution in [0.1, 0.15) is 57.6 Å². The van der Waals surface area contributed by atoms with E-state index in [0.29, 0.717) is 51.0 Å². The number of amides is 4. The largest absolute Gasteiger partial charge is 0.450 e. The maximum Gasteiger partial charge on any atom is 0.409 e. The third kappa shape index (κ3) is 4.38. The maximum atomic E-state index is 14.1. The second-order valence-corrected chi connectivity index (χ2v) is 11.3. The Morgan fingerprint density at radius 1 is 1.00 bits per heavy atom. The molecule has 5 rings (SSSR count). The van der Waals surface area contributed by atoms with Crippen molar-refractivity contribution in [2.24, 2.45) is 5.92 Å². The molecule has 3 fully saturated rings. The lowest BCUT2D eigenvalue weighted by atomic mass is 9.84. The number of fused-ring (bicyclic) bond motifs is 1. The van der Waals surface area contributed by atoms with E-state index < -0.39 is 5.54 Å². The number of benzene rings is 1. The normalized spacial score (nSPS) is 23.3. The minimum Gasteiger partial charge on any atom is -0.450 e. The molecule has 0 radical (unpaired) electrons. The van der Waals surface area contributed by atoms with Crippen molar-refractivity contribution in [2.45, 2.75) is 76.9 Å². The zero-order valence-electron chi connectivity index (χ0n) is 21.9. The van der Waals surface area contributed by atoms with Gasteiger partial charge in [0.25, 0.3) is 5.91 Å². The Bertz CT molecular complexity index is 970. The van der Waals surface area contributed by atoms with Crippen molar-refractivity contribution in [3.63, 3.8) is 0 Å². The first-order chi connectivity index (χ1) is 17.3. The predicted molar refractivity (Wildman–Crippen MR) is 137 cm³/mol. The van der Waals surface area contributed by atoms with E-state index >= 15 is 0 Å². The van der Waals surface area contributed by atoms with E-state index in [1.165, 1.54) is 11.1 Å². The Labute approximate surface area is 214 Å². The molecule has 4 aliphatic rings. The molecule has 1 spiro atoms. The number of rotatable bonds is 5. The van der Waals surface area contributed by atoms with Gasteiger partial charge in [-0.05, 0) is 62.5 Å². The number of likely N-dealkylation sites (tertiary alicyclic amines) is 2. The zero-order chi connectivity index (χ0) is 25.4. The Morgan fingerprint density at radius 3 is 2.17 bits per heavy atom. The molecule has 196 valence electrons. The average molecular weight is 497 g/mol. The van der Waals surface area contributed by atoms with E-state index in [-0.39, 0.29) is 24.1 Å². The summed E-state index contributed by atoms with van der Waals surface area (Å²) in [6.45, 7) is 10.1. The molecular formula is C28H40N4O4. The van der Waals surface area contributed by atoms with Gasteiger partial charge >= 0.3 is 12.1 Å². The molecule has 0 N–H and O–H groups in total. The van der Waals surface area contributed by atoms with Crippen LogP contribution in [0, 0.1) is 5.92 Å². The van der Waals surface area contributed by atoms with Gasteiger partial charge in [0.2, 0.25) is 0 Å². The number of urea groups is 1. The van der Waals surface area contributed by atoms with Crippen molar-refractivity contribution in [1.82, 2.24) is 19.6 Å². The molecule has 0 atom stereocenters. The summed E-state index contributed by atoms with van der Waals surface area (Å²) in [6.07, 6.45) is 4.48. The molecule has 36 heavy (non-hydrogen) atoms. The van der Waals surface area contributed by atoms with Gasteiger partial charge in [0, 0.05) is 44.8 Å². The summed E-state index contributed by atoms with van der Waals surface area (Å²) < 4.78 is 5.16. The SMILES string of the molecule is CCOC(=O)N1CCC(N2CCC3(CC2)C(=O)N(C2Cc4ccccc4C2)C(=O)N3CC(C)C)CC1. The van der Waals surface area contributed by atoms with Gasteiger partial charge in [-0.15, -0.1) is 0 Å². The number of nitrogens with zero attached hydrogens (tertiary/aromatic N) is 4. The number of hydrogen-bond donors (Lipinski definition) is 0. The summed E-state index contributed by atoms with van der Waals surface area (Å²) in [5.74, 6) is 0.312. The molecule has 1 aliphatic carbocycles. The summed E-state index contributed by atoms with van der Waals surface area (Å²) >= 11 is 0. The van der Waals surface area contributed by atoms with Gasteiger partial charge in [0.15, 0.2) is 0 Å². The molecule has 1 aromatic rings. The molecule has 3 heterocycles. The smallest absolute Gasteiger partial charge is 0.409 e. The second kappa shape index (κ2) is 10.0. The monoisotopic (exact) mass is 496 g/mol. The highest BCUT2D eigenvalue weighted by Gasteiger charge is 2.60. The minimum absolute atomic E-state index is 0.0164. The van der Waals surface area contributed by atoms with Crippen LogP contribution in [-0.4, -0.2) is 94.6 Å². The molecule has 0 unspecified atom stereocenters. The van der Waals surface area contributed by atoms with Gasteiger partial charge < -0.3 is 19.4 Å². The van der Waals surface area contributed by atoms with Gasteiger partial charge in [-0.3, -0.25) is 9.69 Å². The standard InChI is InChI=1S/C28H40N4O4/c1-4-36-27(35)30-13-9-23(10-14-30)29-15-11-28(12-16-29)25(33)32(26(34)31(28)19-20(2)3)24-17-21-7-5-6-8-22(21)18-24/h5-8,20,23-24H,4,9-19H2,1-3H3. The molecule has 1 aromatic carbocycles. The fourth-order valence-corrected chi connectivity index (χ4v) is 6.77. The highest BCUT2D eigenvalue weighted by atomic mass is 16.6. The lowest BCUT2D eigenvalue weighted by molar-refractivity contribution is -0.137. The van der Waals surface area contributed by atoms with Crippen LogP contribution in [-0.2, 0) is 22.4 Å². The lowest BCUT2D eigenvalue weighted by Crippen LogP contribution is -2.59. The summed E-state index contributed by atoms with van der Waals surface area (Å²) in [7, 11) is 0. The lowest BCUT2D eigenvalue weighted by Gasteiger charge is -2.46. The summed E-state index contributed by atoms with van der Waals surface area (Å²) in [4.78, 5) is 47.7. The number of carbonyl (C=O) groups is 3. The highest BCUT2D eigenvalue weighted by molar-refractivity contribution is 6.07. The molecule has 3 aliphatic heterocycles. The van der Waals surface area contributed by atoms with Crippen molar-refractivity contribution in [3.05, 3.63) is 35.4 Å². The van der Waals surface area contributed by atoms with Crippen molar-refractivity contribution >= 4 is 18.0 Å². The molecule has 3 saturated heterocycles. The van der Waals surface area contributed by atoms with Crippen molar-refractivity contribution in [1.29, 1.82) is 0 Å². The zero-order valence-corrected chi connectivity index (χ0v) is 21.9. The van der Waals surface area contributed by atoms with Gasteiger partial charge in [-0.1, -0.05) is 38.1 Å². The number of imide groups is 1. The fraction of sp³-hybridized carbons (Fsp3) is 0.679. The predicted octanol–water partition coefficient (Wildman–Crippen LogP) is 3.53. The van der Waals surface area contributed by atoms with Crippen LogP contribution in [0.15, 0.2) is 24.3 Å². The van der Waals surface area contributed by atoms with E-state index in [9.17, 15) is 14.4 Å². The number of hydrogen-bond acceptors (Lipinski definition) is 5. The van der Waals surface area contributed by atoms with Crippen LogP contribution in [0.25, 0.3) is 0 Å². The van der Waals surface area contributed by atoms with Gasteiger partial charge in [0.05, 0.1) is 6.61 Å². The summed E-state index contributed by atoms with van der Waals surface area (Å²) in [6, 6.07) is 8.54. The van der Waals surface area contributed by atoms with Gasteiger partial charge in [0.1, 0.15) is 5.54 Å². The Kier molecular flexibility index (Phi) is 6.99. The first-order valence-electron chi connectivity index (χ1n) is 13.7. The van der Waals surface area contributed by atoms with E-state index in [1.807, 2.05) is 24.0 Å². The Hall–Kier alpha value is -2.61. The summed E-state index contributed by atoms with van der Waals surface area (Å²) in [5, 5.41) is 0. The topological polar surface area (TPSA) is 73.4 Å². The highest BCUT2D eigenvalue weighted by Crippen LogP contribution is 2.41. The van der Waals surface area contributed by atoms with Crippen molar-refractivity contribution < 1.29 is 19.1 Å². The van der Waals surface area contributed by atoms with E-state index in [0.717, 1.165) is 38.8 Å². The molecule has 0 bridgehead atoms. The van der Waals surface area contributed by atoms with Crippen LogP contribution in [0.2, 0.25) is 0 Å². The quantitative estimate of drug-likeness (QED) is 0.583. The van der Waals surface area contributed by atoms with Crippen LogP contribution >= 0.6 is 0 Å². The second-order valence-electron chi connectivity index (χ2n) is 11.3. The average Bonchev–Trinajstić information content (AvgIpc) is 3.38. The molecular weight excluding hydrogens is 456 g/mol. The third-order valence-corrected chi connectivity index (χ3v) is 8.64. The Morgan fingerprint density at radius 2 is 1.61 bits per heavy atom. The van der Waals surface area contributed by atoms with Crippen molar-refractivity contribution in [2.75, 3.05) is 39.3 Å². The van der Waals surface area contributed by atoms with Gasteiger partial charge in [-0.2, -0.15) is 0 Å². The summed E-state index contributed by atoms with van der Waals surface area (Å²) in [5.41, 5.74) is 1.78. The van der Waals surface area contributed by atoms with Gasteiger partial charge in [-0.25, -0.2) is 9.59 Å². The Balaban J connectivity index is 1.27. The minimum atomic E-state index is -0.724. The van der Waals surface area contributed by atoms with E-state index in [4.69, 9.17) is 4.74 Å². The maximum absolute atomic E-state index is 14.1. The number of ether oxygens (including phenoxy) is 1. The third-order valence-electron chi connectivity index (χ3n) is 8.64. The fourth-order valence-electron chi connectivity index (χ4n) is 6.77. The van der Waals surface area contributed by atoms with Crippen molar-refractivity contribution in [3.8, 4) is 0 Å². The van der Waals surface area contributed by atoms with Crippen LogP contribution < -0.4 is 0 Å². The van der Waals surface area contributed by atoms with E-state index in [1.54, 1.807) is 9.80 Å². The first-order valence-corrected chi connectivity index (χ1v) is 13.7. The molecule has 0 saturated carbocycles. The molecule has 8 heteroatoms. The molecule has 4 amide bonds. The van der Waals surface area contributed by atoms with Crippen LogP contribution in [0.5, 0.6) is 0 Å². The molecule has 0 aromatic heterocycles. The van der Waals surface area contributed by atoms with Crippen LogP contribution in [0.3, 0.4) is 0 Å². The number of carbonyl (C=O) groups excluding carboxylic acids is 3. The molecule has 8 nitrogen and oxygen atoms in total. The van der Waals surface area contributed by atoms with E-state index in [2.05, 4.69) is 30.9 Å². The number of piperidine rings is 2. The van der Waals surface area contributed by atoms with Crippen LogP contribution in [0.4, 0.5) is 9.59 Å². The first kappa shape index (κ1) is 25.1.